The van der Waals surface area contributed by atoms with Gasteiger partial charge >= 0.3 is 0 Å². The van der Waals surface area contributed by atoms with E-state index in [0.717, 1.165) is 24.0 Å². The van der Waals surface area contributed by atoms with Gasteiger partial charge < -0.3 is 33.2 Å². The van der Waals surface area contributed by atoms with Crippen LogP contribution in [0.2, 0.25) is 18.1 Å². The Hall–Kier alpha value is -2.14. The van der Waals surface area contributed by atoms with Crippen LogP contribution in [-0.2, 0) is 34.7 Å². The van der Waals surface area contributed by atoms with Crippen molar-refractivity contribution in [2.75, 3.05) is 27.1 Å². The Kier molecular flexibility index (Phi) is 11.0. The molecule has 8 heteroatoms. The second kappa shape index (κ2) is 14.2. The average molecular weight is 679 g/mol. The van der Waals surface area contributed by atoms with Crippen LogP contribution in [-0.4, -0.2) is 64.0 Å². The van der Waals surface area contributed by atoms with Crippen LogP contribution in [0.1, 0.15) is 71.3 Å². The lowest BCUT2D eigenvalue weighted by Gasteiger charge is -2.48. The molecule has 0 amide bonds. The first-order chi connectivity index (χ1) is 22.7. The molecule has 2 unspecified atom stereocenters. The summed E-state index contributed by atoms with van der Waals surface area (Å²) in [6.45, 7) is 21.2. The van der Waals surface area contributed by atoms with Gasteiger partial charge in [-0.2, -0.15) is 0 Å². The fourth-order valence-corrected chi connectivity index (χ4v) is 9.13. The molecule has 7 nitrogen and oxygen atoms in total. The van der Waals surface area contributed by atoms with Gasteiger partial charge in [-0.3, -0.25) is 0 Å². The molecule has 3 aliphatic rings. The van der Waals surface area contributed by atoms with Gasteiger partial charge in [0.2, 0.25) is 0 Å². The van der Waals surface area contributed by atoms with E-state index < -0.39 is 43.4 Å². The average Bonchev–Trinajstić information content (AvgIpc) is 3.40. The second-order valence-corrected chi connectivity index (χ2v) is 20.8. The monoisotopic (exact) mass is 678 g/mol. The molecular formula is C40H58O7Si. The van der Waals surface area contributed by atoms with Crippen molar-refractivity contribution in [3.8, 4) is 0 Å². The predicted molar refractivity (Wildman–Crippen MR) is 192 cm³/mol. The number of fused-ring (bicyclic) bond motifs is 2. The number of hydrogen-bond donors (Lipinski definition) is 1. The topological polar surface area (TPSA) is 75.6 Å². The number of methoxy groups -OCH3 is 1. The molecule has 1 heterocycles. The van der Waals surface area contributed by atoms with Crippen molar-refractivity contribution < 1.29 is 33.2 Å². The SMILES string of the molecule is C=C[C@@]1(O)[C@H](OCOC)C2CCC1(/C=C/[C@]1(OCc3ccccc3)CO[C@@H](c3ccccc3)O[C@H]1CCO[Si](C)(C)C(C)(C)C)C2(C)C. The fraction of sp³-hybridized carbons (Fsp3) is 0.600. The first-order valence-electron chi connectivity index (χ1n) is 17.5. The van der Waals surface area contributed by atoms with E-state index in [-0.39, 0.29) is 29.8 Å². The largest absolute Gasteiger partial charge is 0.417 e. The van der Waals surface area contributed by atoms with Crippen molar-refractivity contribution in [3.63, 3.8) is 0 Å². The number of rotatable bonds is 14. The summed E-state index contributed by atoms with van der Waals surface area (Å²) >= 11 is 0. The van der Waals surface area contributed by atoms with Crippen LogP contribution in [0.5, 0.6) is 0 Å². The van der Waals surface area contributed by atoms with Gasteiger partial charge in [0.25, 0.3) is 0 Å². The lowest BCUT2D eigenvalue weighted by atomic mass is 9.62. The van der Waals surface area contributed by atoms with Gasteiger partial charge in [0.1, 0.15) is 18.0 Å². The maximum absolute atomic E-state index is 12.5. The van der Waals surface area contributed by atoms with Crippen molar-refractivity contribution >= 4 is 8.32 Å². The first-order valence-corrected chi connectivity index (χ1v) is 20.4. The Bertz CT molecular complexity index is 1390. The number of ether oxygens (including phenoxy) is 5. The van der Waals surface area contributed by atoms with E-state index in [1.807, 2.05) is 48.5 Å². The highest BCUT2D eigenvalue weighted by Crippen LogP contribution is 2.71. The minimum absolute atomic E-state index is 0.0830. The molecule has 2 aromatic carbocycles. The molecule has 2 saturated carbocycles. The van der Waals surface area contributed by atoms with Crippen LogP contribution in [0.3, 0.4) is 0 Å². The van der Waals surface area contributed by atoms with Crippen LogP contribution >= 0.6 is 0 Å². The van der Waals surface area contributed by atoms with Gasteiger partial charge in [-0.05, 0) is 54.3 Å². The highest BCUT2D eigenvalue weighted by molar-refractivity contribution is 6.74. The summed E-state index contributed by atoms with van der Waals surface area (Å²) in [7, 11) is -0.409. The van der Waals surface area contributed by atoms with Crippen molar-refractivity contribution in [3.05, 3.63) is 96.6 Å². The molecule has 0 spiro atoms. The Balaban J connectivity index is 1.55. The molecule has 7 atom stereocenters. The normalized spacial score (nSPS) is 33.4. The summed E-state index contributed by atoms with van der Waals surface area (Å²) in [5, 5.41) is 12.6. The Labute approximate surface area is 289 Å². The predicted octanol–water partition coefficient (Wildman–Crippen LogP) is 8.37. The quantitative estimate of drug-likeness (QED) is 0.122. The zero-order valence-electron chi connectivity index (χ0n) is 30.4. The lowest BCUT2D eigenvalue weighted by Crippen LogP contribution is -2.56. The molecule has 2 aliphatic carbocycles. The van der Waals surface area contributed by atoms with E-state index in [1.165, 1.54) is 0 Å². The van der Waals surface area contributed by atoms with E-state index in [0.29, 0.717) is 19.6 Å². The molecule has 5 rings (SSSR count). The standard InChI is InChI=1S/C40H58O7Si/c1-10-40(41)34(44-29-42-7)32-21-23-39(40,37(32,5)6)25-24-38(45-27-30-17-13-11-14-18-30)28-43-35(31-19-15-12-16-20-31)47-33(38)22-26-46-48(8,9)36(2,3)4/h10-20,24-25,32-35,41H,1,21-23,26-29H2,2-9H3/b25-24+/t32?,33-,34+,35+,38-,39?,40+/m0/s1. The van der Waals surface area contributed by atoms with Crippen LogP contribution in [0, 0.1) is 16.7 Å². The summed E-state index contributed by atoms with van der Waals surface area (Å²) in [5.41, 5.74) is -1.21. The number of benzene rings is 2. The molecule has 0 radical (unpaired) electrons. The third-order valence-corrected chi connectivity index (χ3v) is 16.7. The van der Waals surface area contributed by atoms with E-state index >= 15 is 0 Å². The van der Waals surface area contributed by atoms with Gasteiger partial charge in [-0.1, -0.05) is 114 Å². The summed E-state index contributed by atoms with van der Waals surface area (Å²) in [6, 6.07) is 20.2. The van der Waals surface area contributed by atoms with Gasteiger partial charge in [-0.25, -0.2) is 0 Å². The maximum Gasteiger partial charge on any atom is 0.191 e. The van der Waals surface area contributed by atoms with Gasteiger partial charge in [0, 0.05) is 24.7 Å². The zero-order chi connectivity index (χ0) is 34.8. The molecule has 0 aromatic heterocycles. The fourth-order valence-electron chi connectivity index (χ4n) is 8.07. The number of hydrogen-bond acceptors (Lipinski definition) is 7. The summed E-state index contributed by atoms with van der Waals surface area (Å²) in [6.07, 6.45) is 6.95. The van der Waals surface area contributed by atoms with Crippen molar-refractivity contribution in [1.82, 2.24) is 0 Å². The van der Waals surface area contributed by atoms with Crippen molar-refractivity contribution in [2.24, 2.45) is 16.7 Å². The van der Waals surface area contributed by atoms with Crippen molar-refractivity contribution in [1.29, 1.82) is 0 Å². The Morgan fingerprint density at radius 3 is 2.31 bits per heavy atom. The summed E-state index contributed by atoms with van der Waals surface area (Å²) < 4.78 is 38.6. The van der Waals surface area contributed by atoms with Crippen LogP contribution in [0.4, 0.5) is 0 Å². The van der Waals surface area contributed by atoms with Crippen LogP contribution in [0.25, 0.3) is 0 Å². The lowest BCUT2D eigenvalue weighted by molar-refractivity contribution is -0.295. The third kappa shape index (κ3) is 6.67. The molecule has 2 aromatic rings. The first kappa shape index (κ1) is 37.1. The number of aliphatic hydroxyl groups is 1. The molecular weight excluding hydrogens is 621 g/mol. The summed E-state index contributed by atoms with van der Waals surface area (Å²) in [5.74, 6) is 0.122. The molecule has 1 N–H and O–H groups in total. The van der Waals surface area contributed by atoms with Gasteiger partial charge in [-0.15, -0.1) is 6.58 Å². The third-order valence-electron chi connectivity index (χ3n) is 12.1. The maximum atomic E-state index is 12.5. The molecule has 3 fully saturated rings. The van der Waals surface area contributed by atoms with Crippen LogP contribution in [0.15, 0.2) is 85.5 Å². The van der Waals surface area contributed by atoms with Gasteiger partial charge in [0.05, 0.1) is 25.4 Å². The molecule has 1 aliphatic heterocycles. The highest BCUT2D eigenvalue weighted by atomic mass is 28.4. The minimum Gasteiger partial charge on any atom is -0.417 e. The molecule has 2 bridgehead atoms. The van der Waals surface area contributed by atoms with E-state index in [2.05, 4.69) is 78.6 Å². The Morgan fingerprint density at radius 1 is 1.02 bits per heavy atom. The molecule has 264 valence electrons. The Morgan fingerprint density at radius 2 is 1.69 bits per heavy atom. The van der Waals surface area contributed by atoms with E-state index in [4.69, 9.17) is 28.1 Å². The van der Waals surface area contributed by atoms with E-state index in [1.54, 1.807) is 13.2 Å². The molecule has 48 heavy (non-hydrogen) atoms. The molecule has 1 saturated heterocycles. The minimum atomic E-state index is -2.02. The van der Waals surface area contributed by atoms with Crippen molar-refractivity contribution in [2.45, 2.75) is 108 Å². The van der Waals surface area contributed by atoms with Gasteiger partial charge in [0.15, 0.2) is 14.6 Å². The zero-order valence-corrected chi connectivity index (χ0v) is 31.4. The second-order valence-electron chi connectivity index (χ2n) is 16.0. The van der Waals surface area contributed by atoms with Crippen LogP contribution < -0.4 is 0 Å². The van der Waals surface area contributed by atoms with E-state index in [9.17, 15) is 5.11 Å². The smallest absolute Gasteiger partial charge is 0.191 e. The summed E-state index contributed by atoms with van der Waals surface area (Å²) in [4.78, 5) is 0. The highest BCUT2D eigenvalue weighted by Gasteiger charge is 2.74.